The molecule has 0 spiro atoms. The Bertz CT molecular complexity index is 551. The van der Waals surface area contributed by atoms with Crippen LogP contribution in [0.5, 0.6) is 0 Å². The van der Waals surface area contributed by atoms with Crippen LogP contribution in [0.15, 0.2) is 53.4 Å². The molecule has 1 N–H and O–H groups in total. The first-order chi connectivity index (χ1) is 8.65. The Hall–Kier alpha value is -1.87. The summed E-state index contributed by atoms with van der Waals surface area (Å²) in [6, 6.07) is 12.4. The minimum Gasteiger partial charge on any atom is -0.478 e. The monoisotopic (exact) mass is 258 g/mol. The van der Waals surface area contributed by atoms with Gasteiger partial charge in [-0.3, -0.25) is 0 Å². The number of hydrogen-bond acceptors (Lipinski definition) is 2. The molecule has 0 saturated heterocycles. The first-order valence-electron chi connectivity index (χ1n) is 5.68. The first kappa shape index (κ1) is 12.6. The number of carbonyl (C=O) groups is 1. The van der Waals surface area contributed by atoms with Gasteiger partial charge in [-0.1, -0.05) is 35.9 Å². The predicted molar refractivity (Wildman–Crippen MR) is 74.9 cm³/mol. The Morgan fingerprint density at radius 1 is 1.28 bits per heavy atom. The Morgan fingerprint density at radius 2 is 2.00 bits per heavy atom. The zero-order valence-corrected chi connectivity index (χ0v) is 10.9. The van der Waals surface area contributed by atoms with Gasteiger partial charge in [0.2, 0.25) is 0 Å². The Balaban J connectivity index is 2.11. The van der Waals surface area contributed by atoms with Crippen molar-refractivity contribution < 1.29 is 9.90 Å². The quantitative estimate of drug-likeness (QED) is 0.842. The molecule has 0 unspecified atom stereocenters. The van der Waals surface area contributed by atoms with E-state index in [1.165, 1.54) is 16.5 Å². The van der Waals surface area contributed by atoms with E-state index in [0.717, 1.165) is 11.1 Å². The van der Waals surface area contributed by atoms with E-state index in [0.29, 0.717) is 6.42 Å². The second kappa shape index (κ2) is 5.65. The zero-order valence-electron chi connectivity index (χ0n) is 10.1. The average Bonchev–Trinajstić information content (AvgIpc) is 2.82. The van der Waals surface area contributed by atoms with E-state index < -0.39 is 5.97 Å². The molecule has 92 valence electrons. The number of carboxylic acids is 1. The van der Waals surface area contributed by atoms with E-state index in [9.17, 15) is 4.79 Å². The van der Waals surface area contributed by atoms with E-state index >= 15 is 0 Å². The van der Waals surface area contributed by atoms with Crippen molar-refractivity contribution in [1.82, 2.24) is 0 Å². The lowest BCUT2D eigenvalue weighted by Crippen LogP contribution is -1.93. The van der Waals surface area contributed by atoms with Gasteiger partial charge in [0.05, 0.1) is 0 Å². The molecule has 0 bridgehead atoms. The average molecular weight is 258 g/mol. The summed E-state index contributed by atoms with van der Waals surface area (Å²) in [5.41, 5.74) is 3.19. The van der Waals surface area contributed by atoms with Crippen molar-refractivity contribution in [3.63, 3.8) is 0 Å². The molecule has 2 aromatic rings. The van der Waals surface area contributed by atoms with Gasteiger partial charge in [-0.05, 0) is 35.9 Å². The molecular weight excluding hydrogens is 244 g/mol. The highest BCUT2D eigenvalue weighted by molar-refractivity contribution is 7.13. The van der Waals surface area contributed by atoms with Gasteiger partial charge in [0.1, 0.15) is 0 Å². The van der Waals surface area contributed by atoms with Crippen LogP contribution in [0.25, 0.3) is 10.4 Å². The van der Waals surface area contributed by atoms with E-state index in [-0.39, 0.29) is 0 Å². The van der Waals surface area contributed by atoms with E-state index in [2.05, 4.69) is 23.6 Å². The molecule has 0 fully saturated rings. The largest absolute Gasteiger partial charge is 0.478 e. The minimum absolute atomic E-state index is 0.678. The summed E-state index contributed by atoms with van der Waals surface area (Å²) in [4.78, 5) is 11.8. The fourth-order valence-electron chi connectivity index (χ4n) is 1.81. The Morgan fingerprint density at radius 3 is 2.56 bits per heavy atom. The Kier molecular flexibility index (Phi) is 3.95. The van der Waals surface area contributed by atoms with Crippen molar-refractivity contribution in [3.8, 4) is 10.4 Å². The normalized spacial score (nSPS) is 11.5. The molecule has 0 aliphatic rings. The second-order valence-corrected chi connectivity index (χ2v) is 5.13. The van der Waals surface area contributed by atoms with Crippen LogP contribution in [0.1, 0.15) is 12.5 Å². The maximum Gasteiger partial charge on any atom is 0.328 e. The maximum atomic E-state index is 10.5. The van der Waals surface area contributed by atoms with Crippen LogP contribution in [0.4, 0.5) is 0 Å². The molecule has 3 heteroatoms. The molecule has 18 heavy (non-hydrogen) atoms. The van der Waals surface area contributed by atoms with Crippen molar-refractivity contribution >= 4 is 17.3 Å². The first-order valence-corrected chi connectivity index (χ1v) is 6.56. The van der Waals surface area contributed by atoms with Gasteiger partial charge in [-0.2, -0.15) is 0 Å². The lowest BCUT2D eigenvalue weighted by atomic mass is 10.0. The van der Waals surface area contributed by atoms with Gasteiger partial charge in [0.25, 0.3) is 0 Å². The number of aliphatic carboxylic acids is 1. The third-order valence-corrected chi connectivity index (χ3v) is 3.53. The Labute approximate surface area is 110 Å². The molecule has 0 atom stereocenters. The molecule has 0 aliphatic heterocycles. The number of carboxylic acid groups (broad SMARTS) is 1. The third-order valence-electron chi connectivity index (χ3n) is 2.61. The summed E-state index contributed by atoms with van der Waals surface area (Å²) < 4.78 is 0. The lowest BCUT2D eigenvalue weighted by molar-refractivity contribution is -0.131. The summed E-state index contributed by atoms with van der Waals surface area (Å²) in [5.74, 6) is -0.886. The highest BCUT2D eigenvalue weighted by Gasteiger charge is 2.00. The number of hydrogen-bond donors (Lipinski definition) is 1. The number of rotatable bonds is 4. The molecule has 0 amide bonds. The van der Waals surface area contributed by atoms with Gasteiger partial charge in [-0.25, -0.2) is 4.79 Å². The summed E-state index contributed by atoms with van der Waals surface area (Å²) in [5, 5.41) is 10.7. The fourth-order valence-corrected chi connectivity index (χ4v) is 2.55. The number of benzene rings is 1. The van der Waals surface area contributed by atoms with Gasteiger partial charge in [0.15, 0.2) is 0 Å². The van der Waals surface area contributed by atoms with Crippen molar-refractivity contribution in [2.45, 2.75) is 13.3 Å². The SMILES string of the molecule is C/C(=C\C(=O)O)Cc1ccc(-c2cccs2)cc1. The van der Waals surface area contributed by atoms with Crippen molar-refractivity contribution in [2.24, 2.45) is 0 Å². The van der Waals surface area contributed by atoms with Crippen LogP contribution in [-0.2, 0) is 11.2 Å². The van der Waals surface area contributed by atoms with Crippen molar-refractivity contribution in [3.05, 3.63) is 59.0 Å². The van der Waals surface area contributed by atoms with Gasteiger partial charge in [-0.15, -0.1) is 11.3 Å². The molecular formula is C15H14O2S. The number of thiophene rings is 1. The summed E-state index contributed by atoms with van der Waals surface area (Å²) in [7, 11) is 0. The van der Waals surface area contributed by atoms with Crippen LogP contribution in [0, 0.1) is 0 Å². The zero-order chi connectivity index (χ0) is 13.0. The van der Waals surface area contributed by atoms with Crippen LogP contribution in [0.2, 0.25) is 0 Å². The van der Waals surface area contributed by atoms with Crippen LogP contribution in [0.3, 0.4) is 0 Å². The second-order valence-electron chi connectivity index (χ2n) is 4.18. The molecule has 1 aromatic heterocycles. The molecule has 2 rings (SSSR count). The van der Waals surface area contributed by atoms with Crippen LogP contribution >= 0.6 is 11.3 Å². The minimum atomic E-state index is -0.886. The van der Waals surface area contributed by atoms with Crippen LogP contribution < -0.4 is 0 Å². The molecule has 0 aliphatic carbocycles. The van der Waals surface area contributed by atoms with Crippen molar-refractivity contribution in [2.75, 3.05) is 0 Å². The van der Waals surface area contributed by atoms with Crippen LogP contribution in [-0.4, -0.2) is 11.1 Å². The predicted octanol–water partition coefficient (Wildman–Crippen LogP) is 3.99. The summed E-state index contributed by atoms with van der Waals surface area (Å²) in [6.07, 6.45) is 1.93. The number of allylic oxidation sites excluding steroid dienone is 1. The van der Waals surface area contributed by atoms with E-state index in [1.54, 1.807) is 11.3 Å². The molecule has 2 nitrogen and oxygen atoms in total. The highest BCUT2D eigenvalue weighted by Crippen LogP contribution is 2.25. The molecule has 1 heterocycles. The highest BCUT2D eigenvalue weighted by atomic mass is 32.1. The van der Waals surface area contributed by atoms with Crippen molar-refractivity contribution in [1.29, 1.82) is 0 Å². The molecule has 0 saturated carbocycles. The van der Waals surface area contributed by atoms with Gasteiger partial charge >= 0.3 is 5.97 Å². The van der Waals surface area contributed by atoms with E-state index in [4.69, 9.17) is 5.11 Å². The topological polar surface area (TPSA) is 37.3 Å². The molecule has 0 radical (unpaired) electrons. The van der Waals surface area contributed by atoms with E-state index in [1.807, 2.05) is 25.1 Å². The third kappa shape index (κ3) is 3.31. The standard InChI is InChI=1S/C15H14O2S/c1-11(10-15(16)17)9-12-4-6-13(7-5-12)14-3-2-8-18-14/h2-8,10H,9H2,1H3,(H,16,17)/b11-10+. The van der Waals surface area contributed by atoms with Gasteiger partial charge < -0.3 is 5.11 Å². The van der Waals surface area contributed by atoms with Gasteiger partial charge in [0, 0.05) is 11.0 Å². The maximum absolute atomic E-state index is 10.5. The summed E-state index contributed by atoms with van der Waals surface area (Å²) >= 11 is 1.72. The fraction of sp³-hybridized carbons (Fsp3) is 0.133. The molecule has 1 aromatic carbocycles. The smallest absolute Gasteiger partial charge is 0.328 e. The lowest BCUT2D eigenvalue weighted by Gasteiger charge is -2.03. The summed E-state index contributed by atoms with van der Waals surface area (Å²) in [6.45, 7) is 1.83.